The Morgan fingerprint density at radius 2 is 1.84 bits per heavy atom. The number of hydrogen-bond donors (Lipinski definition) is 1. The molecule has 1 amide bonds. The number of carbonyl (C=O) groups is 1. The van der Waals surface area contributed by atoms with Crippen LogP contribution in [0.2, 0.25) is 0 Å². The Labute approximate surface area is 149 Å². The van der Waals surface area contributed by atoms with Crippen molar-refractivity contribution < 1.29 is 9.53 Å². The molecule has 1 N–H and O–H groups in total. The number of methoxy groups -OCH3 is 1. The van der Waals surface area contributed by atoms with E-state index in [4.69, 9.17) is 10.00 Å². The highest BCUT2D eigenvalue weighted by Gasteiger charge is 2.22. The van der Waals surface area contributed by atoms with Gasteiger partial charge in [-0.2, -0.15) is 5.26 Å². The van der Waals surface area contributed by atoms with E-state index in [2.05, 4.69) is 19.2 Å². The molecule has 1 atom stereocenters. The Morgan fingerprint density at radius 1 is 1.16 bits per heavy atom. The molecule has 0 aliphatic carbocycles. The summed E-state index contributed by atoms with van der Waals surface area (Å²) in [6.45, 7) is 4.22. The van der Waals surface area contributed by atoms with Crippen molar-refractivity contribution in [2.24, 2.45) is 5.92 Å². The molecule has 0 saturated heterocycles. The summed E-state index contributed by atoms with van der Waals surface area (Å²) in [6.07, 6.45) is 0.735. The third kappa shape index (κ3) is 5.09. The van der Waals surface area contributed by atoms with E-state index >= 15 is 0 Å². The van der Waals surface area contributed by atoms with Crippen molar-refractivity contribution in [2.45, 2.75) is 26.2 Å². The monoisotopic (exact) mass is 336 g/mol. The van der Waals surface area contributed by atoms with Gasteiger partial charge in [0.1, 0.15) is 12.3 Å². The Balaban J connectivity index is 2.35. The van der Waals surface area contributed by atoms with Gasteiger partial charge < -0.3 is 10.1 Å². The second-order valence-electron chi connectivity index (χ2n) is 6.42. The molecule has 0 radical (unpaired) electrons. The Bertz CT molecular complexity index is 762. The molecule has 25 heavy (non-hydrogen) atoms. The lowest BCUT2D eigenvalue weighted by molar-refractivity contribution is -0.122. The molecule has 1 unspecified atom stereocenters. The highest BCUT2D eigenvalue weighted by Crippen LogP contribution is 2.29. The van der Waals surface area contributed by atoms with Crippen molar-refractivity contribution in [1.82, 2.24) is 5.32 Å². The molecule has 0 aromatic heterocycles. The number of hydrogen-bond acceptors (Lipinski definition) is 3. The lowest BCUT2D eigenvalue weighted by atomic mass is 9.88. The van der Waals surface area contributed by atoms with E-state index in [1.807, 2.05) is 54.6 Å². The van der Waals surface area contributed by atoms with E-state index in [0.717, 1.165) is 28.9 Å². The molecular formula is C21H24N2O2. The lowest BCUT2D eigenvalue weighted by Crippen LogP contribution is -2.30. The molecule has 0 aliphatic heterocycles. The molecular weight excluding hydrogens is 312 g/mol. The number of nitrogens with one attached hydrogen (secondary N) is 1. The van der Waals surface area contributed by atoms with Gasteiger partial charge in [0, 0.05) is 0 Å². The molecule has 4 heteroatoms. The highest BCUT2D eigenvalue weighted by molar-refractivity contribution is 5.84. The third-order valence-corrected chi connectivity index (χ3v) is 4.06. The maximum atomic E-state index is 12.5. The number of benzene rings is 2. The number of carbonyl (C=O) groups excluding carboxylic acids is 1. The van der Waals surface area contributed by atoms with Gasteiger partial charge in [-0.15, -0.1) is 0 Å². The van der Waals surface area contributed by atoms with E-state index in [-0.39, 0.29) is 18.4 Å². The number of ether oxygens (including phenoxy) is 1. The summed E-state index contributed by atoms with van der Waals surface area (Å²) in [5.41, 5.74) is 3.05. The zero-order valence-electron chi connectivity index (χ0n) is 15.0. The van der Waals surface area contributed by atoms with Crippen LogP contribution < -0.4 is 10.1 Å². The molecule has 4 nitrogen and oxygen atoms in total. The minimum atomic E-state index is -0.265. The third-order valence-electron chi connectivity index (χ3n) is 4.06. The molecule has 0 aliphatic rings. The summed E-state index contributed by atoms with van der Waals surface area (Å²) >= 11 is 0. The molecule has 0 saturated carbocycles. The zero-order chi connectivity index (χ0) is 18.2. The average molecular weight is 336 g/mol. The average Bonchev–Trinajstić information content (AvgIpc) is 2.64. The smallest absolute Gasteiger partial charge is 0.228 e. The van der Waals surface area contributed by atoms with Crippen molar-refractivity contribution in [3.63, 3.8) is 0 Å². The molecule has 2 aromatic rings. The summed E-state index contributed by atoms with van der Waals surface area (Å²) in [6, 6.07) is 17.8. The summed E-state index contributed by atoms with van der Waals surface area (Å²) in [5.74, 6) is 0.809. The van der Waals surface area contributed by atoms with Crippen LogP contribution in [0.3, 0.4) is 0 Å². The van der Waals surface area contributed by atoms with Crippen molar-refractivity contribution >= 4 is 5.91 Å². The van der Waals surface area contributed by atoms with Gasteiger partial charge in [-0.05, 0) is 41.2 Å². The van der Waals surface area contributed by atoms with Gasteiger partial charge in [0.15, 0.2) is 0 Å². The number of amides is 1. The summed E-state index contributed by atoms with van der Waals surface area (Å²) in [7, 11) is 1.65. The first-order valence-corrected chi connectivity index (χ1v) is 8.44. The van der Waals surface area contributed by atoms with E-state index in [1.165, 1.54) is 0 Å². The zero-order valence-corrected chi connectivity index (χ0v) is 15.0. The number of rotatable bonds is 7. The maximum Gasteiger partial charge on any atom is 0.228 e. The Hall–Kier alpha value is -2.80. The summed E-state index contributed by atoms with van der Waals surface area (Å²) in [5, 5.41) is 11.4. The van der Waals surface area contributed by atoms with Gasteiger partial charge in [-0.25, -0.2) is 0 Å². The van der Waals surface area contributed by atoms with Gasteiger partial charge in [-0.1, -0.05) is 50.2 Å². The molecule has 2 rings (SSSR count). The van der Waals surface area contributed by atoms with Crippen LogP contribution in [0.5, 0.6) is 5.75 Å². The maximum absolute atomic E-state index is 12.5. The second-order valence-corrected chi connectivity index (χ2v) is 6.42. The first kappa shape index (κ1) is 18.5. The topological polar surface area (TPSA) is 62.1 Å². The van der Waals surface area contributed by atoms with E-state index in [0.29, 0.717) is 5.92 Å². The van der Waals surface area contributed by atoms with Crippen LogP contribution in [-0.4, -0.2) is 19.6 Å². The molecule has 0 fully saturated rings. The van der Waals surface area contributed by atoms with Crippen LogP contribution in [0.1, 0.15) is 31.7 Å². The summed E-state index contributed by atoms with van der Waals surface area (Å²) in [4.78, 5) is 12.5. The van der Waals surface area contributed by atoms with Gasteiger partial charge in [-0.3, -0.25) is 4.79 Å². The molecule has 130 valence electrons. The fraction of sp³-hybridized carbons (Fsp3) is 0.333. The normalized spacial score (nSPS) is 11.6. The van der Waals surface area contributed by atoms with Gasteiger partial charge in [0.05, 0.1) is 19.1 Å². The molecule has 0 heterocycles. The lowest BCUT2D eigenvalue weighted by Gasteiger charge is -2.19. The van der Waals surface area contributed by atoms with Crippen LogP contribution in [0.15, 0.2) is 48.5 Å². The van der Waals surface area contributed by atoms with Crippen LogP contribution >= 0.6 is 0 Å². The predicted molar refractivity (Wildman–Crippen MR) is 99.2 cm³/mol. The van der Waals surface area contributed by atoms with E-state index in [1.54, 1.807) is 7.11 Å². The Kier molecular flexibility index (Phi) is 6.59. The second kappa shape index (κ2) is 8.89. The minimum absolute atomic E-state index is 0.0308. The fourth-order valence-corrected chi connectivity index (χ4v) is 2.85. The summed E-state index contributed by atoms with van der Waals surface area (Å²) < 4.78 is 5.29. The highest BCUT2D eigenvalue weighted by atomic mass is 16.5. The van der Waals surface area contributed by atoms with Crippen molar-refractivity contribution in [1.29, 1.82) is 5.26 Å². The number of nitrogens with zero attached hydrogens (tertiary/aromatic N) is 1. The molecule has 0 bridgehead atoms. The minimum Gasteiger partial charge on any atom is -0.497 e. The van der Waals surface area contributed by atoms with Crippen LogP contribution in [0.4, 0.5) is 0 Å². The molecule has 0 spiro atoms. The SMILES string of the molecule is COc1cccc(-c2cccc(C(CC(C)C)C(=O)NCC#N)c2)c1. The molecule has 2 aromatic carbocycles. The predicted octanol–water partition coefficient (Wildman–Crippen LogP) is 4.13. The van der Waals surface area contributed by atoms with Crippen molar-refractivity contribution in [2.75, 3.05) is 13.7 Å². The largest absolute Gasteiger partial charge is 0.497 e. The number of nitriles is 1. The van der Waals surface area contributed by atoms with Crippen LogP contribution in [0.25, 0.3) is 11.1 Å². The van der Waals surface area contributed by atoms with Crippen molar-refractivity contribution in [3.05, 3.63) is 54.1 Å². The van der Waals surface area contributed by atoms with E-state index in [9.17, 15) is 4.79 Å². The Morgan fingerprint density at radius 3 is 2.48 bits per heavy atom. The van der Waals surface area contributed by atoms with Crippen LogP contribution in [0, 0.1) is 17.2 Å². The van der Waals surface area contributed by atoms with E-state index < -0.39 is 0 Å². The standard InChI is InChI=1S/C21H24N2O2/c1-15(2)12-20(21(24)23-11-10-22)18-8-4-6-16(13-18)17-7-5-9-19(14-17)25-3/h4-9,13-15,20H,11-12H2,1-3H3,(H,23,24). The van der Waals surface area contributed by atoms with Crippen molar-refractivity contribution in [3.8, 4) is 22.9 Å². The fourth-order valence-electron chi connectivity index (χ4n) is 2.85. The van der Waals surface area contributed by atoms with Gasteiger partial charge in [0.25, 0.3) is 0 Å². The first-order valence-electron chi connectivity index (χ1n) is 8.44. The van der Waals surface area contributed by atoms with Gasteiger partial charge in [0.2, 0.25) is 5.91 Å². The van der Waals surface area contributed by atoms with Crippen LogP contribution in [-0.2, 0) is 4.79 Å². The van der Waals surface area contributed by atoms with Gasteiger partial charge >= 0.3 is 0 Å². The quantitative estimate of drug-likeness (QED) is 0.773. The first-order chi connectivity index (χ1) is 12.0.